The van der Waals surface area contributed by atoms with Crippen LogP contribution in [0.3, 0.4) is 0 Å². The molecule has 7 heteroatoms. The van der Waals surface area contributed by atoms with Crippen molar-refractivity contribution in [3.05, 3.63) is 53.6 Å². The summed E-state index contributed by atoms with van der Waals surface area (Å²) in [6.45, 7) is 0.427. The number of anilines is 1. The summed E-state index contributed by atoms with van der Waals surface area (Å²) < 4.78 is 0. The number of amides is 2. The third kappa shape index (κ3) is 5.13. The Morgan fingerprint density at radius 2 is 1.80 bits per heavy atom. The van der Waals surface area contributed by atoms with Crippen molar-refractivity contribution >= 4 is 17.5 Å². The van der Waals surface area contributed by atoms with Gasteiger partial charge in [-0.2, -0.15) is 0 Å². The van der Waals surface area contributed by atoms with Crippen LogP contribution >= 0.6 is 0 Å². The number of hydrogen-bond donors (Lipinski definition) is 5. The lowest BCUT2D eigenvalue weighted by Gasteiger charge is -2.11. The van der Waals surface area contributed by atoms with E-state index in [1.165, 1.54) is 12.1 Å². The van der Waals surface area contributed by atoms with Crippen LogP contribution in [0.5, 0.6) is 11.5 Å². The van der Waals surface area contributed by atoms with E-state index < -0.39 is 0 Å². The fraction of sp³-hybridized carbons (Fsp3) is 0.222. The summed E-state index contributed by atoms with van der Waals surface area (Å²) in [4.78, 5) is 23.7. The molecule has 25 heavy (non-hydrogen) atoms. The molecule has 7 nitrogen and oxygen atoms in total. The van der Waals surface area contributed by atoms with Crippen molar-refractivity contribution in [2.45, 2.75) is 6.42 Å². The summed E-state index contributed by atoms with van der Waals surface area (Å²) in [5, 5.41) is 26.9. The molecule has 0 radical (unpaired) electrons. The monoisotopic (exact) mass is 343 g/mol. The number of hydrogen-bond acceptors (Lipinski definition) is 5. The van der Waals surface area contributed by atoms with Crippen LogP contribution in [0.1, 0.15) is 15.9 Å². The van der Waals surface area contributed by atoms with Crippen molar-refractivity contribution in [2.24, 2.45) is 0 Å². The van der Waals surface area contributed by atoms with Gasteiger partial charge in [0, 0.05) is 19.3 Å². The molecular weight excluding hydrogens is 322 g/mol. The number of benzene rings is 2. The molecule has 132 valence electrons. The second kappa shape index (κ2) is 8.58. The van der Waals surface area contributed by atoms with E-state index in [0.29, 0.717) is 24.2 Å². The summed E-state index contributed by atoms with van der Waals surface area (Å²) in [5.74, 6) is -0.798. The second-order valence-electron chi connectivity index (χ2n) is 5.40. The summed E-state index contributed by atoms with van der Waals surface area (Å²) in [7, 11) is 1.55. The Morgan fingerprint density at radius 1 is 1.04 bits per heavy atom. The molecule has 0 aliphatic rings. The van der Waals surface area contributed by atoms with Gasteiger partial charge in [-0.05, 0) is 36.2 Å². The fourth-order valence-electron chi connectivity index (χ4n) is 2.28. The minimum Gasteiger partial charge on any atom is -0.504 e. The van der Waals surface area contributed by atoms with E-state index in [4.69, 9.17) is 0 Å². The lowest BCUT2D eigenvalue weighted by Crippen LogP contribution is -2.32. The SMILES string of the molecule is CNC(=O)c1ccccc1NCC(=O)NCCc1ccc(O)c(O)c1. The van der Waals surface area contributed by atoms with Crippen molar-refractivity contribution < 1.29 is 19.8 Å². The predicted octanol–water partition coefficient (Wildman–Crippen LogP) is 1.23. The Hall–Kier alpha value is -3.22. The van der Waals surface area contributed by atoms with Crippen molar-refractivity contribution in [1.29, 1.82) is 0 Å². The first kappa shape index (κ1) is 18.1. The maximum absolute atomic E-state index is 11.9. The van der Waals surface area contributed by atoms with E-state index in [9.17, 15) is 19.8 Å². The highest BCUT2D eigenvalue weighted by Gasteiger charge is 2.10. The molecule has 0 fully saturated rings. The van der Waals surface area contributed by atoms with E-state index in [0.717, 1.165) is 5.56 Å². The van der Waals surface area contributed by atoms with Gasteiger partial charge >= 0.3 is 0 Å². The Bertz CT molecular complexity index is 762. The first-order valence-corrected chi connectivity index (χ1v) is 7.84. The standard InChI is InChI=1S/C18H21N3O4/c1-19-18(25)13-4-2-3-5-14(13)21-11-17(24)20-9-8-12-6-7-15(22)16(23)10-12/h2-7,10,21-23H,8-9,11H2,1H3,(H,19,25)(H,20,24). The Kier molecular flexibility index (Phi) is 6.22. The average Bonchev–Trinajstić information content (AvgIpc) is 2.62. The number of carbonyl (C=O) groups is 2. The number of phenols is 2. The molecule has 0 spiro atoms. The van der Waals surface area contributed by atoms with E-state index >= 15 is 0 Å². The van der Waals surface area contributed by atoms with Gasteiger partial charge in [0.2, 0.25) is 5.91 Å². The van der Waals surface area contributed by atoms with Gasteiger partial charge in [0.25, 0.3) is 5.91 Å². The number of aromatic hydroxyl groups is 2. The third-order valence-electron chi connectivity index (χ3n) is 3.61. The molecule has 0 saturated heterocycles. The highest BCUT2D eigenvalue weighted by Crippen LogP contribution is 2.24. The van der Waals surface area contributed by atoms with Crippen LogP contribution in [0.15, 0.2) is 42.5 Å². The number of nitrogens with one attached hydrogen (secondary N) is 3. The van der Waals surface area contributed by atoms with Crippen LogP contribution in [-0.2, 0) is 11.2 Å². The molecule has 0 bridgehead atoms. The highest BCUT2D eigenvalue weighted by atomic mass is 16.3. The van der Waals surface area contributed by atoms with Gasteiger partial charge in [0.05, 0.1) is 12.1 Å². The van der Waals surface area contributed by atoms with Gasteiger partial charge in [0.15, 0.2) is 11.5 Å². The van der Waals surface area contributed by atoms with Gasteiger partial charge in [-0.3, -0.25) is 9.59 Å². The number of para-hydroxylation sites is 1. The van der Waals surface area contributed by atoms with Crippen LogP contribution in [0.4, 0.5) is 5.69 Å². The molecular formula is C18H21N3O4. The molecule has 0 heterocycles. The van der Waals surface area contributed by atoms with Crippen LogP contribution in [0.25, 0.3) is 0 Å². The summed E-state index contributed by atoms with van der Waals surface area (Å²) >= 11 is 0. The molecule has 2 aromatic rings. The average molecular weight is 343 g/mol. The Balaban J connectivity index is 1.81. The van der Waals surface area contributed by atoms with Crippen LogP contribution in [-0.4, -0.2) is 42.2 Å². The van der Waals surface area contributed by atoms with E-state index in [-0.39, 0.29) is 29.9 Å². The normalized spacial score (nSPS) is 10.1. The van der Waals surface area contributed by atoms with Gasteiger partial charge < -0.3 is 26.2 Å². The van der Waals surface area contributed by atoms with Crippen molar-refractivity contribution in [1.82, 2.24) is 10.6 Å². The Labute approximate surface area is 145 Å². The van der Waals surface area contributed by atoms with E-state index in [1.807, 2.05) is 0 Å². The zero-order valence-electron chi connectivity index (χ0n) is 13.9. The van der Waals surface area contributed by atoms with Crippen molar-refractivity contribution in [2.75, 3.05) is 25.5 Å². The van der Waals surface area contributed by atoms with E-state index in [2.05, 4.69) is 16.0 Å². The maximum Gasteiger partial charge on any atom is 0.253 e. The molecule has 0 aliphatic carbocycles. The zero-order valence-corrected chi connectivity index (χ0v) is 13.9. The number of rotatable bonds is 7. The largest absolute Gasteiger partial charge is 0.504 e. The van der Waals surface area contributed by atoms with Crippen LogP contribution in [0.2, 0.25) is 0 Å². The van der Waals surface area contributed by atoms with Gasteiger partial charge in [-0.1, -0.05) is 18.2 Å². The number of carbonyl (C=O) groups excluding carboxylic acids is 2. The molecule has 0 unspecified atom stereocenters. The maximum atomic E-state index is 11.9. The zero-order chi connectivity index (χ0) is 18.2. The second-order valence-corrected chi connectivity index (χ2v) is 5.40. The van der Waals surface area contributed by atoms with Gasteiger partial charge in [0.1, 0.15) is 0 Å². The molecule has 2 aromatic carbocycles. The lowest BCUT2D eigenvalue weighted by molar-refractivity contribution is -0.119. The predicted molar refractivity (Wildman–Crippen MR) is 94.8 cm³/mol. The molecule has 2 amide bonds. The minimum atomic E-state index is -0.226. The molecule has 5 N–H and O–H groups in total. The highest BCUT2D eigenvalue weighted by molar-refractivity contribution is 5.99. The fourth-order valence-corrected chi connectivity index (χ4v) is 2.28. The molecule has 2 rings (SSSR count). The first-order chi connectivity index (χ1) is 12.0. The smallest absolute Gasteiger partial charge is 0.253 e. The third-order valence-corrected chi connectivity index (χ3v) is 3.61. The minimum absolute atomic E-state index is 0.0365. The summed E-state index contributed by atoms with van der Waals surface area (Å²) in [6.07, 6.45) is 0.522. The molecule has 0 atom stereocenters. The lowest BCUT2D eigenvalue weighted by atomic mass is 10.1. The summed E-state index contributed by atoms with van der Waals surface area (Å²) in [5.41, 5.74) is 1.85. The van der Waals surface area contributed by atoms with Gasteiger partial charge in [-0.25, -0.2) is 0 Å². The van der Waals surface area contributed by atoms with Crippen molar-refractivity contribution in [3.8, 4) is 11.5 Å². The molecule has 0 saturated carbocycles. The first-order valence-electron chi connectivity index (χ1n) is 7.84. The Morgan fingerprint density at radius 3 is 2.52 bits per heavy atom. The summed E-state index contributed by atoms with van der Waals surface area (Å²) in [6, 6.07) is 11.5. The van der Waals surface area contributed by atoms with Crippen molar-refractivity contribution in [3.63, 3.8) is 0 Å². The topological polar surface area (TPSA) is 111 Å². The quantitative estimate of drug-likeness (QED) is 0.486. The van der Waals surface area contributed by atoms with E-state index in [1.54, 1.807) is 37.4 Å². The molecule has 0 aromatic heterocycles. The number of phenolic OH excluding ortho intramolecular Hbond substituents is 2. The van der Waals surface area contributed by atoms with Crippen LogP contribution in [0, 0.1) is 0 Å². The van der Waals surface area contributed by atoms with Gasteiger partial charge in [-0.15, -0.1) is 0 Å². The molecule has 0 aliphatic heterocycles. The van der Waals surface area contributed by atoms with Crippen LogP contribution < -0.4 is 16.0 Å².